The van der Waals surface area contributed by atoms with Crippen molar-refractivity contribution < 1.29 is 9.59 Å². The molecular formula is C14H16N4O2. The molecule has 1 atom stereocenters. The minimum absolute atomic E-state index is 0.142. The average molecular weight is 272 g/mol. The van der Waals surface area contributed by atoms with Gasteiger partial charge < -0.3 is 10.2 Å². The molecule has 0 aliphatic carbocycles. The van der Waals surface area contributed by atoms with Crippen LogP contribution in [0.25, 0.3) is 0 Å². The van der Waals surface area contributed by atoms with Gasteiger partial charge in [-0.3, -0.25) is 15.5 Å². The maximum absolute atomic E-state index is 11.7. The average Bonchev–Trinajstić information content (AvgIpc) is 2.65. The van der Waals surface area contributed by atoms with Gasteiger partial charge in [-0.1, -0.05) is 18.2 Å². The maximum atomic E-state index is 11.7. The van der Waals surface area contributed by atoms with Crippen molar-refractivity contribution in [2.45, 2.75) is 13.0 Å². The molecule has 0 spiro atoms. The highest BCUT2D eigenvalue weighted by atomic mass is 16.2. The molecule has 1 fully saturated rings. The third kappa shape index (κ3) is 2.69. The van der Waals surface area contributed by atoms with Crippen LogP contribution in [0, 0.1) is 5.41 Å². The number of nitrogens with zero attached hydrogens (tertiary/aromatic N) is 1. The largest absolute Gasteiger partial charge is 0.326 e. The lowest BCUT2D eigenvalue weighted by Crippen LogP contribution is -2.29. The van der Waals surface area contributed by atoms with Gasteiger partial charge in [0, 0.05) is 19.2 Å². The Bertz CT molecular complexity index is 565. The van der Waals surface area contributed by atoms with Gasteiger partial charge in [0.25, 0.3) is 0 Å². The summed E-state index contributed by atoms with van der Waals surface area (Å²) in [6, 6.07) is 6.34. The fraction of sp³-hybridized carbons (Fsp3) is 0.214. The molecule has 1 aliphatic heterocycles. The van der Waals surface area contributed by atoms with Gasteiger partial charge in [0.2, 0.25) is 5.91 Å². The lowest BCUT2D eigenvalue weighted by molar-refractivity contribution is -0.114. The van der Waals surface area contributed by atoms with Crippen LogP contribution in [0.15, 0.2) is 36.9 Å². The zero-order valence-corrected chi connectivity index (χ0v) is 11.1. The maximum Gasteiger partial charge on any atom is 0.323 e. The fourth-order valence-corrected chi connectivity index (χ4v) is 2.15. The van der Waals surface area contributed by atoms with Crippen LogP contribution in [0.2, 0.25) is 0 Å². The Morgan fingerprint density at radius 2 is 2.15 bits per heavy atom. The highest BCUT2D eigenvalue weighted by Gasteiger charge is 2.35. The second kappa shape index (κ2) is 5.56. The van der Waals surface area contributed by atoms with E-state index in [1.54, 1.807) is 30.3 Å². The van der Waals surface area contributed by atoms with Crippen LogP contribution in [0.1, 0.15) is 18.5 Å². The second-order valence-corrected chi connectivity index (χ2v) is 4.49. The van der Waals surface area contributed by atoms with Crippen molar-refractivity contribution >= 4 is 23.5 Å². The summed E-state index contributed by atoms with van der Waals surface area (Å²) >= 11 is 0. The van der Waals surface area contributed by atoms with Crippen molar-refractivity contribution in [1.82, 2.24) is 10.2 Å². The van der Waals surface area contributed by atoms with Crippen LogP contribution >= 0.6 is 0 Å². The van der Waals surface area contributed by atoms with Gasteiger partial charge >= 0.3 is 6.03 Å². The zero-order chi connectivity index (χ0) is 14.7. The van der Waals surface area contributed by atoms with E-state index >= 15 is 0 Å². The number of nitrogens with one attached hydrogen (secondary N) is 3. The van der Waals surface area contributed by atoms with Gasteiger partial charge in [-0.05, 0) is 17.7 Å². The van der Waals surface area contributed by atoms with Crippen molar-refractivity contribution in [1.29, 1.82) is 5.41 Å². The van der Waals surface area contributed by atoms with Crippen LogP contribution in [-0.4, -0.2) is 29.2 Å². The van der Waals surface area contributed by atoms with Crippen LogP contribution < -0.4 is 10.6 Å². The molecule has 3 amide bonds. The smallest absolute Gasteiger partial charge is 0.323 e. The van der Waals surface area contributed by atoms with E-state index in [0.29, 0.717) is 12.2 Å². The van der Waals surface area contributed by atoms with Crippen molar-refractivity contribution in [3.8, 4) is 0 Å². The first kappa shape index (κ1) is 13.8. The van der Waals surface area contributed by atoms with Crippen molar-refractivity contribution in [3.05, 3.63) is 42.5 Å². The molecule has 1 heterocycles. The summed E-state index contributed by atoms with van der Waals surface area (Å²) in [6.07, 6.45) is 1.62. The van der Waals surface area contributed by atoms with Crippen molar-refractivity contribution in [2.75, 3.05) is 11.9 Å². The SMILES string of the molecule is C=CCN1C(=O)NC(=N)C1c1ccc(NC(C)=O)cc1. The molecule has 0 aromatic heterocycles. The molecule has 0 bridgehead atoms. The minimum atomic E-state index is -0.438. The Morgan fingerprint density at radius 1 is 1.50 bits per heavy atom. The minimum Gasteiger partial charge on any atom is -0.326 e. The molecule has 1 aromatic carbocycles. The summed E-state index contributed by atoms with van der Waals surface area (Å²) in [5, 5.41) is 13.0. The van der Waals surface area contributed by atoms with Gasteiger partial charge in [0.1, 0.15) is 11.9 Å². The molecule has 0 radical (unpaired) electrons. The standard InChI is InChI=1S/C14H16N4O2/c1-3-8-18-12(13(15)17-14(18)20)10-4-6-11(7-5-10)16-9(2)19/h3-7,12H,1,8H2,2H3,(H,16,19)(H2,15,17,20). The molecule has 0 saturated carbocycles. The number of amides is 3. The molecule has 1 saturated heterocycles. The molecule has 1 aliphatic rings. The first-order chi connectivity index (χ1) is 9.52. The number of amidine groups is 1. The van der Waals surface area contributed by atoms with Gasteiger partial charge in [0.05, 0.1) is 0 Å². The number of urea groups is 1. The third-order valence-electron chi connectivity index (χ3n) is 2.96. The predicted octanol–water partition coefficient (Wildman–Crippen LogP) is 1.87. The Balaban J connectivity index is 2.24. The Hall–Kier alpha value is -2.63. The van der Waals surface area contributed by atoms with Gasteiger partial charge in [-0.2, -0.15) is 0 Å². The van der Waals surface area contributed by atoms with E-state index in [9.17, 15) is 9.59 Å². The number of carbonyl (C=O) groups is 2. The number of anilines is 1. The summed E-state index contributed by atoms with van der Waals surface area (Å²) in [6.45, 7) is 5.43. The number of hydrogen-bond acceptors (Lipinski definition) is 3. The Labute approximate surface area is 117 Å². The third-order valence-corrected chi connectivity index (χ3v) is 2.96. The van der Waals surface area contributed by atoms with E-state index in [0.717, 1.165) is 5.56 Å². The summed E-state index contributed by atoms with van der Waals surface area (Å²) in [5.41, 5.74) is 1.49. The first-order valence-corrected chi connectivity index (χ1v) is 6.17. The van der Waals surface area contributed by atoms with E-state index < -0.39 is 6.04 Å². The number of carbonyl (C=O) groups excluding carboxylic acids is 2. The lowest BCUT2D eigenvalue weighted by Gasteiger charge is -2.21. The van der Waals surface area contributed by atoms with E-state index in [4.69, 9.17) is 5.41 Å². The van der Waals surface area contributed by atoms with E-state index in [1.807, 2.05) is 0 Å². The van der Waals surface area contributed by atoms with Gasteiger partial charge in [-0.25, -0.2) is 4.79 Å². The zero-order valence-electron chi connectivity index (χ0n) is 11.1. The highest BCUT2D eigenvalue weighted by molar-refractivity contribution is 6.06. The van der Waals surface area contributed by atoms with Crippen molar-refractivity contribution in [3.63, 3.8) is 0 Å². The summed E-state index contributed by atoms with van der Waals surface area (Å²) < 4.78 is 0. The number of benzene rings is 1. The molecule has 3 N–H and O–H groups in total. The molecule has 104 valence electrons. The van der Waals surface area contributed by atoms with Gasteiger partial charge in [-0.15, -0.1) is 6.58 Å². The molecule has 20 heavy (non-hydrogen) atoms. The quantitative estimate of drug-likeness (QED) is 0.731. The van der Waals surface area contributed by atoms with E-state index in [1.165, 1.54) is 11.8 Å². The van der Waals surface area contributed by atoms with Gasteiger partial charge in [0.15, 0.2) is 0 Å². The molecule has 6 nitrogen and oxygen atoms in total. The topological polar surface area (TPSA) is 85.3 Å². The molecule has 1 unspecified atom stereocenters. The van der Waals surface area contributed by atoms with Crippen LogP contribution in [-0.2, 0) is 4.79 Å². The summed E-state index contributed by atoms with van der Waals surface area (Å²) in [5.74, 6) is 0.000569. The molecule has 6 heteroatoms. The van der Waals surface area contributed by atoms with Crippen LogP contribution in [0.4, 0.5) is 10.5 Å². The monoisotopic (exact) mass is 272 g/mol. The predicted molar refractivity (Wildman–Crippen MR) is 76.6 cm³/mol. The second-order valence-electron chi connectivity index (χ2n) is 4.49. The molecule has 1 aromatic rings. The van der Waals surface area contributed by atoms with E-state index in [2.05, 4.69) is 17.2 Å². The first-order valence-electron chi connectivity index (χ1n) is 6.17. The number of hydrogen-bond donors (Lipinski definition) is 3. The lowest BCUT2D eigenvalue weighted by atomic mass is 10.1. The van der Waals surface area contributed by atoms with Crippen LogP contribution in [0.3, 0.4) is 0 Å². The molecule has 2 rings (SSSR count). The van der Waals surface area contributed by atoms with Crippen LogP contribution in [0.5, 0.6) is 0 Å². The fourth-order valence-electron chi connectivity index (χ4n) is 2.15. The number of rotatable bonds is 4. The van der Waals surface area contributed by atoms with Crippen molar-refractivity contribution in [2.24, 2.45) is 0 Å². The Morgan fingerprint density at radius 3 is 2.70 bits per heavy atom. The molecular weight excluding hydrogens is 256 g/mol. The Kier molecular flexibility index (Phi) is 3.84. The van der Waals surface area contributed by atoms with E-state index in [-0.39, 0.29) is 17.8 Å². The highest BCUT2D eigenvalue weighted by Crippen LogP contribution is 2.26. The summed E-state index contributed by atoms with van der Waals surface area (Å²) in [7, 11) is 0. The summed E-state index contributed by atoms with van der Waals surface area (Å²) in [4.78, 5) is 24.2. The normalized spacial score (nSPS) is 17.9.